The summed E-state index contributed by atoms with van der Waals surface area (Å²) in [7, 11) is 0. The number of nitrogens with zero attached hydrogens (tertiary/aromatic N) is 2. The number of rotatable bonds is 4. The first kappa shape index (κ1) is 15.1. The van der Waals surface area contributed by atoms with Gasteiger partial charge in [-0.25, -0.2) is 0 Å². The van der Waals surface area contributed by atoms with Crippen molar-refractivity contribution in [3.05, 3.63) is 65.2 Å². The molecule has 1 heterocycles. The average molecular weight is 323 g/mol. The number of amides is 1. The lowest BCUT2D eigenvalue weighted by atomic mass is 10.1. The molecule has 0 aliphatic heterocycles. The van der Waals surface area contributed by atoms with Crippen LogP contribution in [0.1, 0.15) is 26.3 Å². The van der Waals surface area contributed by atoms with Crippen LogP contribution in [-0.4, -0.2) is 22.4 Å². The molecule has 0 aliphatic carbocycles. The van der Waals surface area contributed by atoms with Crippen LogP contribution >= 0.6 is 11.3 Å². The first-order chi connectivity index (χ1) is 11.2. The molecule has 0 unspecified atom stereocenters. The van der Waals surface area contributed by atoms with Crippen molar-refractivity contribution in [2.45, 2.75) is 6.92 Å². The fraction of sp³-hybridized carbons (Fsp3) is 0.0588. The normalized spacial score (nSPS) is 10.3. The van der Waals surface area contributed by atoms with Crippen molar-refractivity contribution in [2.24, 2.45) is 0 Å². The number of aldehydes is 1. The van der Waals surface area contributed by atoms with E-state index in [4.69, 9.17) is 0 Å². The molecule has 0 fully saturated rings. The first-order valence-corrected chi connectivity index (χ1v) is 7.75. The number of carbonyl (C=O) groups is 2. The molecule has 0 aliphatic rings. The van der Waals surface area contributed by atoms with Gasteiger partial charge in [-0.05, 0) is 30.7 Å². The van der Waals surface area contributed by atoms with Crippen molar-refractivity contribution in [1.82, 2.24) is 10.2 Å². The van der Waals surface area contributed by atoms with Crippen LogP contribution in [0.4, 0.5) is 5.13 Å². The molecule has 3 aromatic rings. The number of benzene rings is 2. The van der Waals surface area contributed by atoms with Gasteiger partial charge >= 0.3 is 0 Å². The van der Waals surface area contributed by atoms with E-state index in [9.17, 15) is 9.59 Å². The third-order valence-corrected chi connectivity index (χ3v) is 4.17. The van der Waals surface area contributed by atoms with Crippen molar-refractivity contribution >= 4 is 28.7 Å². The highest BCUT2D eigenvalue weighted by molar-refractivity contribution is 7.18. The fourth-order valence-corrected chi connectivity index (χ4v) is 2.97. The molecule has 6 heteroatoms. The highest BCUT2D eigenvalue weighted by Gasteiger charge is 2.12. The van der Waals surface area contributed by atoms with Gasteiger partial charge in [0.25, 0.3) is 5.91 Å². The van der Waals surface area contributed by atoms with Crippen molar-refractivity contribution in [3.8, 4) is 10.6 Å². The lowest BCUT2D eigenvalue weighted by Gasteiger charge is -2.02. The summed E-state index contributed by atoms with van der Waals surface area (Å²) in [5.74, 6) is -0.221. The molecule has 0 saturated heterocycles. The molecule has 23 heavy (non-hydrogen) atoms. The number of nitrogens with one attached hydrogen (secondary N) is 1. The number of hydrogen-bond acceptors (Lipinski definition) is 5. The highest BCUT2D eigenvalue weighted by Crippen LogP contribution is 2.29. The van der Waals surface area contributed by atoms with Crippen LogP contribution in [0.2, 0.25) is 0 Å². The SMILES string of the molecule is Cc1cc(C=O)ccc1-c1nnc(NC(=O)c2ccccc2)s1. The van der Waals surface area contributed by atoms with E-state index in [2.05, 4.69) is 15.5 Å². The molecule has 0 spiro atoms. The molecular formula is C17H13N3O2S. The summed E-state index contributed by atoms with van der Waals surface area (Å²) >= 11 is 1.29. The predicted molar refractivity (Wildman–Crippen MR) is 89.9 cm³/mol. The molecular weight excluding hydrogens is 310 g/mol. The average Bonchev–Trinajstić information content (AvgIpc) is 3.03. The largest absolute Gasteiger partial charge is 0.298 e. The van der Waals surface area contributed by atoms with Crippen molar-refractivity contribution in [2.75, 3.05) is 5.32 Å². The molecule has 1 amide bonds. The zero-order valence-corrected chi connectivity index (χ0v) is 13.1. The van der Waals surface area contributed by atoms with Crippen molar-refractivity contribution in [3.63, 3.8) is 0 Å². The molecule has 0 saturated carbocycles. The zero-order valence-electron chi connectivity index (χ0n) is 12.3. The van der Waals surface area contributed by atoms with E-state index in [-0.39, 0.29) is 5.91 Å². The Labute approximate surface area is 137 Å². The molecule has 0 bridgehead atoms. The van der Waals surface area contributed by atoms with Gasteiger partial charge in [0.1, 0.15) is 11.3 Å². The second-order valence-corrected chi connectivity index (χ2v) is 5.90. The van der Waals surface area contributed by atoms with Gasteiger partial charge in [-0.15, -0.1) is 10.2 Å². The summed E-state index contributed by atoms with van der Waals surface area (Å²) in [4.78, 5) is 22.9. The van der Waals surface area contributed by atoms with E-state index in [0.29, 0.717) is 21.3 Å². The van der Waals surface area contributed by atoms with E-state index in [1.807, 2.05) is 19.1 Å². The molecule has 5 nitrogen and oxygen atoms in total. The third kappa shape index (κ3) is 3.32. The molecule has 1 aromatic heterocycles. The van der Waals surface area contributed by atoms with Gasteiger partial charge in [0.2, 0.25) is 5.13 Å². The van der Waals surface area contributed by atoms with Gasteiger partial charge < -0.3 is 0 Å². The summed E-state index contributed by atoms with van der Waals surface area (Å²) < 4.78 is 0. The second-order valence-electron chi connectivity index (χ2n) is 4.92. The quantitative estimate of drug-likeness (QED) is 0.745. The first-order valence-electron chi connectivity index (χ1n) is 6.93. The van der Waals surface area contributed by atoms with Crippen LogP contribution in [0, 0.1) is 6.92 Å². The van der Waals surface area contributed by atoms with Crippen LogP contribution in [0.3, 0.4) is 0 Å². The highest BCUT2D eigenvalue weighted by atomic mass is 32.1. The Morgan fingerprint density at radius 3 is 2.61 bits per heavy atom. The maximum atomic E-state index is 12.1. The molecule has 1 N–H and O–H groups in total. The monoisotopic (exact) mass is 323 g/mol. The van der Waals surface area contributed by atoms with Crippen LogP contribution in [0.25, 0.3) is 10.6 Å². The summed E-state index contributed by atoms with van der Waals surface area (Å²) in [6.45, 7) is 1.91. The Bertz CT molecular complexity index is 859. The Morgan fingerprint density at radius 2 is 1.91 bits per heavy atom. The Kier molecular flexibility index (Phi) is 4.25. The number of aromatic nitrogens is 2. The standard InChI is InChI=1S/C17H13N3O2S/c1-11-9-12(10-21)7-8-14(11)16-19-20-17(23-16)18-15(22)13-5-3-2-4-6-13/h2-10H,1H3,(H,18,20,22). The predicted octanol–water partition coefficient (Wildman–Crippen LogP) is 3.58. The summed E-state index contributed by atoms with van der Waals surface area (Å²) in [5, 5.41) is 12.0. The van der Waals surface area contributed by atoms with Gasteiger partial charge in [-0.3, -0.25) is 14.9 Å². The minimum atomic E-state index is -0.221. The number of aryl methyl sites for hydroxylation is 1. The molecule has 0 atom stereocenters. The van der Waals surface area contributed by atoms with E-state index in [1.165, 1.54) is 11.3 Å². The van der Waals surface area contributed by atoms with Crippen LogP contribution in [0.15, 0.2) is 48.5 Å². The topological polar surface area (TPSA) is 72.0 Å². The number of anilines is 1. The fourth-order valence-electron chi connectivity index (χ4n) is 2.14. The molecule has 2 aromatic carbocycles. The molecule has 0 radical (unpaired) electrons. The third-order valence-electron chi connectivity index (χ3n) is 3.30. The van der Waals surface area contributed by atoms with E-state index in [0.717, 1.165) is 17.4 Å². The van der Waals surface area contributed by atoms with Gasteiger partial charge in [0.05, 0.1) is 0 Å². The van der Waals surface area contributed by atoms with Crippen molar-refractivity contribution in [1.29, 1.82) is 0 Å². The summed E-state index contributed by atoms with van der Waals surface area (Å²) in [6, 6.07) is 14.3. The molecule has 114 valence electrons. The zero-order chi connectivity index (χ0) is 16.2. The van der Waals surface area contributed by atoms with Crippen LogP contribution in [-0.2, 0) is 0 Å². The Hall–Kier alpha value is -2.86. The van der Waals surface area contributed by atoms with Gasteiger partial charge in [0.15, 0.2) is 0 Å². The lowest BCUT2D eigenvalue weighted by Crippen LogP contribution is -2.11. The van der Waals surface area contributed by atoms with E-state index < -0.39 is 0 Å². The lowest BCUT2D eigenvalue weighted by molar-refractivity contribution is 0.102. The Balaban J connectivity index is 1.81. The molecule has 3 rings (SSSR count). The van der Waals surface area contributed by atoms with Gasteiger partial charge in [-0.1, -0.05) is 41.7 Å². The second kappa shape index (κ2) is 6.50. The number of hydrogen-bond donors (Lipinski definition) is 1. The van der Waals surface area contributed by atoms with Crippen LogP contribution in [0.5, 0.6) is 0 Å². The smallest absolute Gasteiger partial charge is 0.257 e. The maximum absolute atomic E-state index is 12.1. The maximum Gasteiger partial charge on any atom is 0.257 e. The summed E-state index contributed by atoms with van der Waals surface area (Å²) in [6.07, 6.45) is 0.808. The van der Waals surface area contributed by atoms with Crippen molar-refractivity contribution < 1.29 is 9.59 Å². The minimum absolute atomic E-state index is 0.221. The number of carbonyl (C=O) groups excluding carboxylic acids is 2. The van der Waals surface area contributed by atoms with Gasteiger partial charge in [-0.2, -0.15) is 0 Å². The van der Waals surface area contributed by atoms with E-state index >= 15 is 0 Å². The van der Waals surface area contributed by atoms with Crippen LogP contribution < -0.4 is 5.32 Å². The Morgan fingerprint density at radius 1 is 1.13 bits per heavy atom. The minimum Gasteiger partial charge on any atom is -0.298 e. The van der Waals surface area contributed by atoms with Gasteiger partial charge in [0, 0.05) is 16.7 Å². The summed E-state index contributed by atoms with van der Waals surface area (Å²) in [5.41, 5.74) is 3.02. The van der Waals surface area contributed by atoms with E-state index in [1.54, 1.807) is 36.4 Å².